The first-order chi connectivity index (χ1) is 12.6. The van der Waals surface area contributed by atoms with Gasteiger partial charge in [-0.3, -0.25) is 4.99 Å². The number of benzene rings is 1. The Morgan fingerprint density at radius 1 is 1.04 bits per heavy atom. The van der Waals surface area contributed by atoms with Crippen LogP contribution >= 0.6 is 0 Å². The number of aromatic hydroxyl groups is 1. The highest BCUT2D eigenvalue weighted by Gasteiger charge is 2.65. The van der Waals surface area contributed by atoms with Crippen molar-refractivity contribution in [1.29, 1.82) is 0 Å². The van der Waals surface area contributed by atoms with Crippen LogP contribution in [0.1, 0.15) is 91.8 Å². The van der Waals surface area contributed by atoms with Crippen LogP contribution in [0.5, 0.6) is 5.75 Å². The average Bonchev–Trinajstić information content (AvgIpc) is 2.84. The molecule has 2 unspecified atom stereocenters. The summed E-state index contributed by atoms with van der Waals surface area (Å²) in [5.74, 6) is 0.700. The fraction of sp³-hybridized carbons (Fsp3) is 0.720. The first-order valence-electron chi connectivity index (χ1n) is 10.7. The van der Waals surface area contributed by atoms with Gasteiger partial charge in [-0.2, -0.15) is 0 Å². The number of hydrogen-bond acceptors (Lipinski definition) is 3. The van der Waals surface area contributed by atoms with E-state index in [-0.39, 0.29) is 27.7 Å². The summed E-state index contributed by atoms with van der Waals surface area (Å²) < 4.78 is 0. The fourth-order valence-electron chi connectivity index (χ4n) is 5.40. The van der Waals surface area contributed by atoms with Gasteiger partial charge in [0.05, 0.1) is 12.1 Å². The van der Waals surface area contributed by atoms with Gasteiger partial charge in [-0.05, 0) is 46.6 Å². The molecule has 0 saturated heterocycles. The maximum absolute atomic E-state index is 11.0. The van der Waals surface area contributed by atoms with Gasteiger partial charge in [0.15, 0.2) is 0 Å². The number of aliphatic hydroxyl groups excluding tert-OH is 1. The molecular weight excluding hydrogens is 346 g/mol. The number of phenolic OH excluding ortho intramolecular Hbond substituents is 1. The zero-order valence-corrected chi connectivity index (χ0v) is 19.2. The molecule has 1 aromatic rings. The molecule has 28 heavy (non-hydrogen) atoms. The van der Waals surface area contributed by atoms with Gasteiger partial charge in [-0.15, -0.1) is 0 Å². The van der Waals surface area contributed by atoms with Crippen LogP contribution in [-0.2, 0) is 10.8 Å². The molecule has 3 heteroatoms. The van der Waals surface area contributed by atoms with E-state index in [4.69, 9.17) is 4.99 Å². The maximum Gasteiger partial charge on any atom is 0.128 e. The Morgan fingerprint density at radius 3 is 2.11 bits per heavy atom. The SMILES string of the molecule is CC(C)(C)c1cc(C=N[C@@H]2C3CCC(C)([C@@H]2O)C3(C)C)c(O)c(C(C)(C)C)c1. The number of fused-ring (bicyclic) bond motifs is 2. The van der Waals surface area contributed by atoms with Crippen LogP contribution in [0, 0.1) is 16.7 Å². The summed E-state index contributed by atoms with van der Waals surface area (Å²) in [5, 5.41) is 22.0. The Kier molecular flexibility index (Phi) is 4.82. The predicted octanol–water partition coefficient (Wildman–Crippen LogP) is 5.59. The molecule has 0 spiro atoms. The molecule has 1 aromatic carbocycles. The second-order valence-electron chi connectivity index (χ2n) is 12.0. The molecule has 2 N–H and O–H groups in total. The van der Waals surface area contributed by atoms with Crippen LogP contribution in [0.4, 0.5) is 0 Å². The zero-order chi connectivity index (χ0) is 21.3. The molecule has 156 valence electrons. The van der Waals surface area contributed by atoms with Crippen LogP contribution in [0.25, 0.3) is 0 Å². The molecule has 0 heterocycles. The molecule has 3 nitrogen and oxygen atoms in total. The van der Waals surface area contributed by atoms with Gasteiger partial charge in [0.2, 0.25) is 0 Å². The quantitative estimate of drug-likeness (QED) is 0.652. The Hall–Kier alpha value is -1.35. The highest BCUT2D eigenvalue weighted by atomic mass is 16.3. The Morgan fingerprint density at radius 2 is 1.64 bits per heavy atom. The Bertz CT molecular complexity index is 794. The molecule has 2 bridgehead atoms. The van der Waals surface area contributed by atoms with Gasteiger partial charge in [0.1, 0.15) is 5.75 Å². The number of nitrogens with zero attached hydrogens (tertiary/aromatic N) is 1. The minimum atomic E-state index is -0.424. The lowest BCUT2D eigenvalue weighted by Crippen LogP contribution is -2.39. The third kappa shape index (κ3) is 3.10. The minimum absolute atomic E-state index is 0.0162. The third-order valence-corrected chi connectivity index (χ3v) is 7.96. The average molecular weight is 386 g/mol. The van der Waals surface area contributed by atoms with E-state index in [1.165, 1.54) is 5.56 Å². The fourth-order valence-corrected chi connectivity index (χ4v) is 5.40. The number of phenols is 1. The van der Waals surface area contributed by atoms with Crippen molar-refractivity contribution in [3.63, 3.8) is 0 Å². The molecule has 0 aliphatic heterocycles. The van der Waals surface area contributed by atoms with Gasteiger partial charge in [0.25, 0.3) is 0 Å². The van der Waals surface area contributed by atoms with Gasteiger partial charge < -0.3 is 10.2 Å². The van der Waals surface area contributed by atoms with Crippen molar-refractivity contribution >= 4 is 6.21 Å². The summed E-state index contributed by atoms with van der Waals surface area (Å²) in [5.41, 5.74) is 2.73. The van der Waals surface area contributed by atoms with Gasteiger partial charge in [0, 0.05) is 22.8 Å². The predicted molar refractivity (Wildman–Crippen MR) is 118 cm³/mol. The monoisotopic (exact) mass is 385 g/mol. The Labute approximate surface area is 171 Å². The number of aliphatic hydroxyl groups is 1. The molecule has 4 atom stereocenters. The summed E-state index contributed by atoms with van der Waals surface area (Å²) >= 11 is 0. The van der Waals surface area contributed by atoms with E-state index < -0.39 is 6.10 Å². The molecule has 2 fully saturated rings. The summed E-state index contributed by atoms with van der Waals surface area (Å²) in [6.45, 7) is 19.7. The number of rotatable bonds is 2. The van der Waals surface area contributed by atoms with E-state index >= 15 is 0 Å². The molecule has 2 aliphatic carbocycles. The van der Waals surface area contributed by atoms with Crippen molar-refractivity contribution in [2.75, 3.05) is 0 Å². The topological polar surface area (TPSA) is 52.8 Å². The molecule has 2 saturated carbocycles. The van der Waals surface area contributed by atoms with Crippen molar-refractivity contribution in [3.05, 3.63) is 28.8 Å². The molecule has 0 aromatic heterocycles. The van der Waals surface area contributed by atoms with E-state index in [1.807, 2.05) is 6.21 Å². The lowest BCUT2D eigenvalue weighted by molar-refractivity contribution is 0.00624. The number of aliphatic imine (C=N–C) groups is 1. The molecule has 2 aliphatic rings. The van der Waals surface area contributed by atoms with Crippen molar-refractivity contribution in [3.8, 4) is 5.75 Å². The van der Waals surface area contributed by atoms with E-state index in [0.29, 0.717) is 11.7 Å². The largest absolute Gasteiger partial charge is 0.507 e. The van der Waals surface area contributed by atoms with Crippen molar-refractivity contribution < 1.29 is 10.2 Å². The number of hydrogen-bond donors (Lipinski definition) is 2. The van der Waals surface area contributed by atoms with Crippen molar-refractivity contribution in [2.24, 2.45) is 21.7 Å². The van der Waals surface area contributed by atoms with Gasteiger partial charge in [-0.1, -0.05) is 68.4 Å². The summed E-state index contributed by atoms with van der Waals surface area (Å²) in [4.78, 5) is 4.87. The van der Waals surface area contributed by atoms with Gasteiger partial charge >= 0.3 is 0 Å². The maximum atomic E-state index is 11.0. The van der Waals surface area contributed by atoms with E-state index in [0.717, 1.165) is 24.0 Å². The molecule has 3 rings (SSSR count). The summed E-state index contributed by atoms with van der Waals surface area (Å²) in [6, 6.07) is 4.09. The summed E-state index contributed by atoms with van der Waals surface area (Å²) in [6.07, 6.45) is 3.57. The van der Waals surface area contributed by atoms with Crippen molar-refractivity contribution in [1.82, 2.24) is 0 Å². The zero-order valence-electron chi connectivity index (χ0n) is 19.2. The lowest BCUT2D eigenvalue weighted by Gasteiger charge is -2.36. The standard InChI is InChI=1S/C25H39NO2/c1-22(2,3)16-12-15(20(27)18(13-16)23(4,5)6)14-26-19-17-10-11-25(9,21(19)28)24(17,7)8/h12-14,17,19,21,27-28H,10-11H2,1-9H3/t17?,19-,21-,25?/m1/s1. The molecule has 0 amide bonds. The van der Waals surface area contributed by atoms with Crippen LogP contribution in [-0.4, -0.2) is 28.6 Å². The first-order valence-corrected chi connectivity index (χ1v) is 10.7. The molecule has 0 radical (unpaired) electrons. The van der Waals surface area contributed by atoms with E-state index in [1.54, 1.807) is 0 Å². The van der Waals surface area contributed by atoms with E-state index in [2.05, 4.69) is 74.4 Å². The highest BCUT2D eigenvalue weighted by Crippen LogP contribution is 2.66. The third-order valence-electron chi connectivity index (χ3n) is 7.96. The van der Waals surface area contributed by atoms with Crippen LogP contribution in [0.3, 0.4) is 0 Å². The highest BCUT2D eigenvalue weighted by molar-refractivity contribution is 5.85. The van der Waals surface area contributed by atoms with Crippen LogP contribution in [0.15, 0.2) is 17.1 Å². The van der Waals surface area contributed by atoms with Crippen LogP contribution in [0.2, 0.25) is 0 Å². The minimum Gasteiger partial charge on any atom is -0.507 e. The van der Waals surface area contributed by atoms with Crippen molar-refractivity contribution in [2.45, 2.75) is 98.1 Å². The normalized spacial score (nSPS) is 32.4. The smallest absolute Gasteiger partial charge is 0.128 e. The molecular formula is C25H39NO2. The van der Waals surface area contributed by atoms with E-state index in [9.17, 15) is 10.2 Å². The lowest BCUT2D eigenvalue weighted by atomic mass is 9.70. The summed E-state index contributed by atoms with van der Waals surface area (Å²) in [7, 11) is 0. The van der Waals surface area contributed by atoms with Crippen LogP contribution < -0.4 is 0 Å². The second-order valence-corrected chi connectivity index (χ2v) is 12.0. The Balaban J connectivity index is 2.03. The van der Waals surface area contributed by atoms with Gasteiger partial charge in [-0.25, -0.2) is 0 Å². The second kappa shape index (κ2) is 6.32. The first kappa shape index (κ1) is 21.4.